The van der Waals surface area contributed by atoms with Crippen molar-refractivity contribution < 1.29 is 0 Å². The van der Waals surface area contributed by atoms with E-state index in [1.54, 1.807) is 0 Å². The fraction of sp³-hybridized carbons (Fsp3) is 0.667. The van der Waals surface area contributed by atoms with Crippen LogP contribution in [-0.4, -0.2) is 35.1 Å². The maximum absolute atomic E-state index is 4.48. The zero-order valence-corrected chi connectivity index (χ0v) is 11.2. The van der Waals surface area contributed by atoms with Crippen molar-refractivity contribution in [1.82, 2.24) is 15.2 Å². The first-order valence-electron chi connectivity index (χ1n) is 7.19. The molecular formula is C15H23N3. The highest BCUT2D eigenvalue weighted by Gasteiger charge is 2.37. The standard InChI is InChI=1S/C15H23N3/c1-16-13-9-14-6-4-7-15(10-13)18(14)11-12-5-2-3-8-17-12/h2-3,5,8,13-16H,4,6-7,9-11H2,1H3. The Hall–Kier alpha value is -0.930. The third kappa shape index (κ3) is 2.43. The van der Waals surface area contributed by atoms with Gasteiger partial charge in [-0.3, -0.25) is 9.88 Å². The van der Waals surface area contributed by atoms with Crippen LogP contribution >= 0.6 is 0 Å². The summed E-state index contributed by atoms with van der Waals surface area (Å²) in [6.45, 7) is 1.03. The van der Waals surface area contributed by atoms with E-state index in [0.717, 1.165) is 24.7 Å². The molecule has 2 atom stereocenters. The summed E-state index contributed by atoms with van der Waals surface area (Å²) in [5.74, 6) is 0. The van der Waals surface area contributed by atoms with Crippen molar-refractivity contribution >= 4 is 0 Å². The van der Waals surface area contributed by atoms with Gasteiger partial charge in [0.2, 0.25) is 0 Å². The monoisotopic (exact) mass is 245 g/mol. The summed E-state index contributed by atoms with van der Waals surface area (Å²) in [6.07, 6.45) is 8.65. The number of rotatable bonds is 3. The molecule has 0 aromatic carbocycles. The molecular weight excluding hydrogens is 222 g/mol. The van der Waals surface area contributed by atoms with Crippen molar-refractivity contribution in [2.45, 2.75) is 56.8 Å². The number of hydrogen-bond donors (Lipinski definition) is 1. The second kappa shape index (κ2) is 5.37. The van der Waals surface area contributed by atoms with E-state index >= 15 is 0 Å². The molecule has 1 aromatic heterocycles. The number of hydrogen-bond acceptors (Lipinski definition) is 3. The fourth-order valence-electron chi connectivity index (χ4n) is 3.65. The molecule has 2 unspecified atom stereocenters. The minimum absolute atomic E-state index is 0.722. The first-order valence-corrected chi connectivity index (χ1v) is 7.19. The van der Waals surface area contributed by atoms with Crippen LogP contribution in [0.3, 0.4) is 0 Å². The molecule has 2 fully saturated rings. The maximum atomic E-state index is 4.48. The van der Waals surface area contributed by atoms with Crippen LogP contribution in [0.2, 0.25) is 0 Å². The lowest BCUT2D eigenvalue weighted by molar-refractivity contribution is 0.0181. The molecule has 1 N–H and O–H groups in total. The third-order valence-corrected chi connectivity index (χ3v) is 4.60. The summed E-state index contributed by atoms with van der Waals surface area (Å²) in [4.78, 5) is 7.19. The molecule has 0 aliphatic carbocycles. The Morgan fingerprint density at radius 3 is 2.67 bits per heavy atom. The number of nitrogens with one attached hydrogen (secondary N) is 1. The van der Waals surface area contributed by atoms with E-state index < -0.39 is 0 Å². The largest absolute Gasteiger partial charge is 0.317 e. The molecule has 2 aliphatic heterocycles. The lowest BCUT2D eigenvalue weighted by Crippen LogP contribution is -2.55. The average Bonchev–Trinajstić information content (AvgIpc) is 2.39. The summed E-state index contributed by atoms with van der Waals surface area (Å²) >= 11 is 0. The van der Waals surface area contributed by atoms with E-state index in [0.29, 0.717) is 0 Å². The Labute approximate surface area is 110 Å². The van der Waals surface area contributed by atoms with Crippen LogP contribution in [0.25, 0.3) is 0 Å². The second-order valence-electron chi connectivity index (χ2n) is 5.69. The van der Waals surface area contributed by atoms with E-state index in [1.165, 1.54) is 37.8 Å². The first kappa shape index (κ1) is 12.1. The molecule has 3 heterocycles. The molecule has 3 heteroatoms. The van der Waals surface area contributed by atoms with Crippen molar-refractivity contribution in [2.75, 3.05) is 7.05 Å². The van der Waals surface area contributed by atoms with Crippen LogP contribution in [0, 0.1) is 0 Å². The molecule has 0 amide bonds. The van der Waals surface area contributed by atoms with Gasteiger partial charge in [0.05, 0.1) is 5.69 Å². The first-order chi connectivity index (χ1) is 8.86. The van der Waals surface area contributed by atoms with Crippen LogP contribution in [0.1, 0.15) is 37.8 Å². The number of nitrogens with zero attached hydrogens (tertiary/aromatic N) is 2. The predicted octanol–water partition coefficient (Wildman–Crippen LogP) is 2.19. The van der Waals surface area contributed by atoms with Gasteiger partial charge in [-0.05, 0) is 44.9 Å². The van der Waals surface area contributed by atoms with E-state index in [4.69, 9.17) is 0 Å². The van der Waals surface area contributed by atoms with E-state index in [2.05, 4.69) is 34.4 Å². The van der Waals surface area contributed by atoms with E-state index in [9.17, 15) is 0 Å². The van der Waals surface area contributed by atoms with Gasteiger partial charge >= 0.3 is 0 Å². The summed E-state index contributed by atoms with van der Waals surface area (Å²) in [6, 6.07) is 8.49. The smallest absolute Gasteiger partial charge is 0.0544 e. The number of pyridine rings is 1. The highest BCUT2D eigenvalue weighted by Crippen LogP contribution is 2.34. The van der Waals surface area contributed by atoms with Crippen molar-refractivity contribution in [2.24, 2.45) is 0 Å². The molecule has 98 valence electrons. The third-order valence-electron chi connectivity index (χ3n) is 4.60. The molecule has 3 rings (SSSR count). The van der Waals surface area contributed by atoms with Crippen LogP contribution in [-0.2, 0) is 6.54 Å². The van der Waals surface area contributed by atoms with Gasteiger partial charge in [0.15, 0.2) is 0 Å². The van der Waals surface area contributed by atoms with Crippen molar-refractivity contribution in [3.63, 3.8) is 0 Å². The summed E-state index contributed by atoms with van der Waals surface area (Å²) in [7, 11) is 2.11. The molecule has 0 spiro atoms. The second-order valence-corrected chi connectivity index (χ2v) is 5.69. The van der Waals surface area contributed by atoms with Gasteiger partial charge < -0.3 is 5.32 Å². The number of piperidine rings is 2. The van der Waals surface area contributed by atoms with Crippen LogP contribution < -0.4 is 5.32 Å². The minimum Gasteiger partial charge on any atom is -0.317 e. The Kier molecular flexibility index (Phi) is 3.62. The van der Waals surface area contributed by atoms with E-state index in [-0.39, 0.29) is 0 Å². The summed E-state index contributed by atoms with van der Waals surface area (Å²) < 4.78 is 0. The van der Waals surface area contributed by atoms with Gasteiger partial charge in [0.25, 0.3) is 0 Å². The molecule has 1 aromatic rings. The van der Waals surface area contributed by atoms with Crippen molar-refractivity contribution in [3.05, 3.63) is 30.1 Å². The Balaban J connectivity index is 1.72. The van der Waals surface area contributed by atoms with Crippen LogP contribution in [0.15, 0.2) is 24.4 Å². The van der Waals surface area contributed by atoms with Gasteiger partial charge in [0.1, 0.15) is 0 Å². The predicted molar refractivity (Wildman–Crippen MR) is 73.3 cm³/mol. The average molecular weight is 245 g/mol. The topological polar surface area (TPSA) is 28.2 Å². The zero-order valence-electron chi connectivity index (χ0n) is 11.2. The van der Waals surface area contributed by atoms with Crippen molar-refractivity contribution in [1.29, 1.82) is 0 Å². The zero-order chi connectivity index (χ0) is 12.4. The lowest BCUT2D eigenvalue weighted by Gasteiger charge is -2.48. The minimum atomic E-state index is 0.722. The van der Waals surface area contributed by atoms with Gasteiger partial charge in [-0.1, -0.05) is 12.5 Å². The molecule has 2 aliphatic rings. The molecule has 0 saturated carbocycles. The summed E-state index contributed by atoms with van der Waals surface area (Å²) in [5.41, 5.74) is 1.22. The number of aromatic nitrogens is 1. The SMILES string of the molecule is CNC1CC2CCCC(C1)N2Cc1ccccn1. The summed E-state index contributed by atoms with van der Waals surface area (Å²) in [5, 5.41) is 3.47. The molecule has 18 heavy (non-hydrogen) atoms. The van der Waals surface area contributed by atoms with Crippen LogP contribution in [0.4, 0.5) is 0 Å². The molecule has 3 nitrogen and oxygen atoms in total. The highest BCUT2D eigenvalue weighted by atomic mass is 15.2. The van der Waals surface area contributed by atoms with Crippen LogP contribution in [0.5, 0.6) is 0 Å². The molecule has 2 bridgehead atoms. The lowest BCUT2D eigenvalue weighted by atomic mass is 9.81. The van der Waals surface area contributed by atoms with Gasteiger partial charge in [-0.25, -0.2) is 0 Å². The number of fused-ring (bicyclic) bond motifs is 2. The van der Waals surface area contributed by atoms with Gasteiger partial charge in [0, 0.05) is 30.9 Å². The quantitative estimate of drug-likeness (QED) is 0.885. The van der Waals surface area contributed by atoms with Gasteiger partial charge in [-0.2, -0.15) is 0 Å². The highest BCUT2D eigenvalue weighted by molar-refractivity contribution is 5.05. The normalized spacial score (nSPS) is 32.4. The van der Waals surface area contributed by atoms with Crippen molar-refractivity contribution in [3.8, 4) is 0 Å². The Morgan fingerprint density at radius 1 is 1.28 bits per heavy atom. The maximum Gasteiger partial charge on any atom is 0.0544 e. The molecule has 0 radical (unpaired) electrons. The fourth-order valence-corrected chi connectivity index (χ4v) is 3.65. The Morgan fingerprint density at radius 2 is 2.06 bits per heavy atom. The van der Waals surface area contributed by atoms with E-state index in [1.807, 2.05) is 12.3 Å². The Bertz CT molecular complexity index is 365. The molecule has 2 saturated heterocycles. The van der Waals surface area contributed by atoms with Gasteiger partial charge in [-0.15, -0.1) is 0 Å².